The third-order valence-corrected chi connectivity index (χ3v) is 5.18. The minimum atomic E-state index is -0.532. The Balaban J connectivity index is 1.95. The minimum absolute atomic E-state index is 0.138. The smallest absolute Gasteiger partial charge is 0.237 e. The van der Waals surface area contributed by atoms with Crippen molar-refractivity contribution in [2.75, 3.05) is 11.4 Å². The molecular weight excluding hydrogens is 314 g/mol. The van der Waals surface area contributed by atoms with E-state index in [2.05, 4.69) is 6.07 Å². The Bertz CT molecular complexity index is 1000. The fraction of sp³-hybridized carbons (Fsp3) is 0.300. The number of likely N-dealkylation sites (N-methyl/N-ethyl adjacent to an activating group) is 1. The second-order valence-electron chi connectivity index (χ2n) is 7.07. The summed E-state index contributed by atoms with van der Waals surface area (Å²) in [5.74, 6) is 1.21. The molecule has 0 aliphatic carbocycles. The number of aromatic hydroxyl groups is 1. The monoisotopic (exact) mass is 335 g/mol. The number of anilines is 1. The third-order valence-electron chi connectivity index (χ3n) is 5.18. The molecule has 0 spiro atoms. The van der Waals surface area contributed by atoms with Crippen molar-refractivity contribution >= 4 is 22.6 Å². The lowest BCUT2D eigenvalue weighted by molar-refractivity contribution is -0.122. The SMILES string of the molecule is CCN1C(=O)C(C)(C)c2cc3nc(-c4ccc(O)cc4)n(C)c3cc21. The van der Waals surface area contributed by atoms with Gasteiger partial charge < -0.3 is 14.6 Å². The number of nitrogens with zero attached hydrogens (tertiary/aromatic N) is 3. The lowest BCUT2D eigenvalue weighted by Crippen LogP contribution is -2.35. The first kappa shape index (κ1) is 15.7. The topological polar surface area (TPSA) is 58.4 Å². The van der Waals surface area contributed by atoms with Crippen molar-refractivity contribution in [1.82, 2.24) is 9.55 Å². The van der Waals surface area contributed by atoms with E-state index in [1.54, 1.807) is 12.1 Å². The van der Waals surface area contributed by atoms with Gasteiger partial charge >= 0.3 is 0 Å². The Kier molecular flexibility index (Phi) is 3.19. The number of aryl methyl sites for hydroxylation is 1. The molecule has 4 rings (SSSR count). The lowest BCUT2D eigenvalue weighted by Gasteiger charge is -2.18. The molecule has 5 heteroatoms. The number of carbonyl (C=O) groups is 1. The first-order valence-electron chi connectivity index (χ1n) is 8.47. The molecule has 0 saturated heterocycles. The van der Waals surface area contributed by atoms with Gasteiger partial charge in [0.15, 0.2) is 0 Å². The van der Waals surface area contributed by atoms with Crippen molar-refractivity contribution in [1.29, 1.82) is 0 Å². The second-order valence-corrected chi connectivity index (χ2v) is 7.07. The van der Waals surface area contributed by atoms with Crippen molar-refractivity contribution in [2.24, 2.45) is 7.05 Å². The predicted molar refractivity (Wildman–Crippen MR) is 98.9 cm³/mol. The van der Waals surface area contributed by atoms with Crippen LogP contribution >= 0.6 is 0 Å². The van der Waals surface area contributed by atoms with E-state index in [1.807, 2.05) is 55.5 Å². The van der Waals surface area contributed by atoms with Crippen LogP contribution in [0, 0.1) is 0 Å². The van der Waals surface area contributed by atoms with Crippen molar-refractivity contribution in [2.45, 2.75) is 26.2 Å². The molecule has 1 amide bonds. The quantitative estimate of drug-likeness (QED) is 0.778. The molecule has 1 aliphatic heterocycles. The third kappa shape index (κ3) is 2.08. The molecule has 2 heterocycles. The normalized spacial score (nSPS) is 15.8. The van der Waals surface area contributed by atoms with Crippen LogP contribution in [0.15, 0.2) is 36.4 Å². The zero-order valence-electron chi connectivity index (χ0n) is 14.9. The molecule has 128 valence electrons. The number of benzene rings is 2. The maximum absolute atomic E-state index is 12.7. The van der Waals surface area contributed by atoms with E-state index in [0.717, 1.165) is 33.7 Å². The fourth-order valence-corrected chi connectivity index (χ4v) is 3.70. The van der Waals surface area contributed by atoms with Crippen LogP contribution in [0.25, 0.3) is 22.4 Å². The van der Waals surface area contributed by atoms with Gasteiger partial charge in [-0.1, -0.05) is 0 Å². The molecule has 0 atom stereocenters. The van der Waals surface area contributed by atoms with Crippen LogP contribution < -0.4 is 4.90 Å². The molecule has 1 aliphatic rings. The summed E-state index contributed by atoms with van der Waals surface area (Å²) >= 11 is 0. The highest BCUT2D eigenvalue weighted by Crippen LogP contribution is 2.43. The summed E-state index contributed by atoms with van der Waals surface area (Å²) in [5.41, 5.74) is 4.29. The highest BCUT2D eigenvalue weighted by Gasteiger charge is 2.43. The zero-order chi connectivity index (χ0) is 17.9. The highest BCUT2D eigenvalue weighted by atomic mass is 16.3. The molecule has 1 aromatic heterocycles. The van der Waals surface area contributed by atoms with E-state index in [0.29, 0.717) is 6.54 Å². The van der Waals surface area contributed by atoms with Crippen molar-refractivity contribution in [3.05, 3.63) is 42.0 Å². The number of phenolic OH excluding ortho intramolecular Hbond substituents is 1. The van der Waals surface area contributed by atoms with Gasteiger partial charge in [0.05, 0.1) is 22.1 Å². The van der Waals surface area contributed by atoms with Gasteiger partial charge in [0.25, 0.3) is 0 Å². The van der Waals surface area contributed by atoms with E-state index in [1.165, 1.54) is 0 Å². The highest BCUT2D eigenvalue weighted by molar-refractivity contribution is 6.09. The van der Waals surface area contributed by atoms with Gasteiger partial charge in [0.1, 0.15) is 11.6 Å². The van der Waals surface area contributed by atoms with Crippen LogP contribution in [0.4, 0.5) is 5.69 Å². The summed E-state index contributed by atoms with van der Waals surface area (Å²) in [6.07, 6.45) is 0. The van der Waals surface area contributed by atoms with E-state index in [-0.39, 0.29) is 11.7 Å². The van der Waals surface area contributed by atoms with Gasteiger partial charge in [-0.2, -0.15) is 0 Å². The number of carbonyl (C=O) groups excluding carboxylic acids is 1. The van der Waals surface area contributed by atoms with Crippen LogP contribution in [-0.2, 0) is 17.3 Å². The molecule has 0 radical (unpaired) electrons. The molecule has 0 unspecified atom stereocenters. The predicted octanol–water partition coefficient (Wildman–Crippen LogP) is 3.59. The standard InChI is InChI=1S/C20H21N3O2/c1-5-23-16-11-17-15(10-14(16)20(2,3)19(23)25)21-18(22(17)4)12-6-8-13(24)9-7-12/h6-11,24H,5H2,1-4H3. The first-order chi connectivity index (χ1) is 11.8. The molecule has 5 nitrogen and oxygen atoms in total. The van der Waals surface area contributed by atoms with Crippen molar-refractivity contribution in [3.63, 3.8) is 0 Å². The van der Waals surface area contributed by atoms with Gasteiger partial charge in [-0.3, -0.25) is 4.79 Å². The summed E-state index contributed by atoms with van der Waals surface area (Å²) in [6, 6.07) is 11.1. The molecule has 0 fully saturated rings. The molecular formula is C20H21N3O2. The van der Waals surface area contributed by atoms with Crippen LogP contribution in [0.5, 0.6) is 5.75 Å². The fourth-order valence-electron chi connectivity index (χ4n) is 3.70. The van der Waals surface area contributed by atoms with Gasteiger partial charge in [-0.25, -0.2) is 4.98 Å². The van der Waals surface area contributed by atoms with Crippen LogP contribution in [-0.4, -0.2) is 27.1 Å². The lowest BCUT2D eigenvalue weighted by atomic mass is 9.86. The van der Waals surface area contributed by atoms with Crippen molar-refractivity contribution < 1.29 is 9.90 Å². The molecule has 1 N–H and O–H groups in total. The van der Waals surface area contributed by atoms with E-state index < -0.39 is 5.41 Å². The summed E-state index contributed by atoms with van der Waals surface area (Å²) in [4.78, 5) is 19.3. The maximum Gasteiger partial charge on any atom is 0.237 e. The Morgan fingerprint density at radius 1 is 1.16 bits per heavy atom. The minimum Gasteiger partial charge on any atom is -0.508 e. The summed E-state index contributed by atoms with van der Waals surface area (Å²) in [6.45, 7) is 6.60. The zero-order valence-corrected chi connectivity index (χ0v) is 14.9. The summed E-state index contributed by atoms with van der Waals surface area (Å²) in [5, 5.41) is 9.50. The van der Waals surface area contributed by atoms with E-state index in [4.69, 9.17) is 4.98 Å². The van der Waals surface area contributed by atoms with Gasteiger partial charge in [0.2, 0.25) is 5.91 Å². The van der Waals surface area contributed by atoms with Gasteiger partial charge in [-0.05, 0) is 62.7 Å². The first-order valence-corrected chi connectivity index (χ1v) is 8.47. The molecule has 2 aromatic carbocycles. The Hall–Kier alpha value is -2.82. The van der Waals surface area contributed by atoms with Crippen LogP contribution in [0.1, 0.15) is 26.3 Å². The Morgan fingerprint density at radius 2 is 1.84 bits per heavy atom. The number of rotatable bonds is 2. The molecule has 0 bridgehead atoms. The summed E-state index contributed by atoms with van der Waals surface area (Å²) in [7, 11) is 1.97. The number of aromatic nitrogens is 2. The van der Waals surface area contributed by atoms with Gasteiger partial charge in [-0.15, -0.1) is 0 Å². The number of hydrogen-bond acceptors (Lipinski definition) is 3. The summed E-state index contributed by atoms with van der Waals surface area (Å²) < 4.78 is 2.03. The van der Waals surface area contributed by atoms with Crippen molar-refractivity contribution in [3.8, 4) is 17.1 Å². The average Bonchev–Trinajstić information content (AvgIpc) is 3.00. The Morgan fingerprint density at radius 3 is 2.48 bits per heavy atom. The van der Waals surface area contributed by atoms with Crippen LogP contribution in [0.3, 0.4) is 0 Å². The van der Waals surface area contributed by atoms with E-state index >= 15 is 0 Å². The number of phenols is 1. The van der Waals surface area contributed by atoms with Crippen LogP contribution in [0.2, 0.25) is 0 Å². The number of hydrogen-bond donors (Lipinski definition) is 1. The average molecular weight is 335 g/mol. The molecule has 25 heavy (non-hydrogen) atoms. The maximum atomic E-state index is 12.7. The molecule has 3 aromatic rings. The largest absolute Gasteiger partial charge is 0.508 e. The number of imidazole rings is 1. The molecule has 0 saturated carbocycles. The van der Waals surface area contributed by atoms with Gasteiger partial charge in [0, 0.05) is 19.2 Å². The Labute approximate surface area is 146 Å². The number of amides is 1. The number of fused-ring (bicyclic) bond motifs is 2. The second kappa shape index (κ2) is 5.09. The van der Waals surface area contributed by atoms with E-state index in [9.17, 15) is 9.90 Å².